The molecular weight excluding hydrogens is 410 g/mol. The molecule has 0 saturated heterocycles. The second-order valence-electron chi connectivity index (χ2n) is 6.73. The monoisotopic (exact) mass is 434 g/mol. The molecule has 2 aromatic carbocycles. The first-order chi connectivity index (χ1) is 14.8. The predicted octanol–water partition coefficient (Wildman–Crippen LogP) is 2.70. The Hall–Kier alpha value is -3.49. The van der Waals surface area contributed by atoms with Gasteiger partial charge in [-0.15, -0.1) is 0 Å². The fourth-order valence-corrected chi connectivity index (χ4v) is 2.64. The van der Waals surface area contributed by atoms with Crippen molar-refractivity contribution in [1.82, 2.24) is 10.6 Å². The summed E-state index contributed by atoms with van der Waals surface area (Å²) in [6, 6.07) is 14.2. The van der Waals surface area contributed by atoms with E-state index in [1.807, 2.05) is 0 Å². The predicted molar refractivity (Wildman–Crippen MR) is 109 cm³/mol. The highest BCUT2D eigenvalue weighted by molar-refractivity contribution is 5.94. The van der Waals surface area contributed by atoms with E-state index >= 15 is 0 Å². The lowest BCUT2D eigenvalue weighted by molar-refractivity contribution is -0.148. The molecule has 166 valence electrons. The van der Waals surface area contributed by atoms with Gasteiger partial charge in [0.15, 0.2) is 6.61 Å². The molecule has 0 aliphatic carbocycles. The van der Waals surface area contributed by atoms with Crippen LogP contribution in [0.2, 0.25) is 0 Å². The molecule has 0 radical (unpaired) electrons. The zero-order valence-electron chi connectivity index (χ0n) is 17.0. The van der Waals surface area contributed by atoms with E-state index in [-0.39, 0.29) is 24.6 Å². The number of hydrogen-bond acceptors (Lipinski definition) is 5. The van der Waals surface area contributed by atoms with E-state index in [0.29, 0.717) is 12.0 Å². The number of carbonyl (C=O) groups excluding carboxylic acids is 3. The van der Waals surface area contributed by atoms with Crippen LogP contribution in [0.1, 0.15) is 29.3 Å². The summed E-state index contributed by atoms with van der Waals surface area (Å²) in [7, 11) is 0. The molecule has 1 atom stereocenters. The fourth-order valence-electron chi connectivity index (χ4n) is 2.64. The van der Waals surface area contributed by atoms with Crippen LogP contribution in [0.4, 0.5) is 8.78 Å². The second-order valence-corrected chi connectivity index (χ2v) is 6.73. The van der Waals surface area contributed by atoms with Crippen molar-refractivity contribution < 1.29 is 32.6 Å². The summed E-state index contributed by atoms with van der Waals surface area (Å²) in [6.45, 7) is -1.36. The van der Waals surface area contributed by atoms with Crippen molar-refractivity contribution in [3.63, 3.8) is 0 Å². The number of rotatable bonds is 11. The van der Waals surface area contributed by atoms with E-state index < -0.39 is 31.1 Å². The molecule has 2 rings (SSSR count). The minimum Gasteiger partial charge on any atom is -0.456 e. The van der Waals surface area contributed by atoms with Crippen LogP contribution >= 0.6 is 0 Å². The largest absolute Gasteiger partial charge is 0.456 e. The third kappa shape index (κ3) is 9.24. The van der Waals surface area contributed by atoms with Gasteiger partial charge in [0.05, 0.1) is 6.42 Å². The summed E-state index contributed by atoms with van der Waals surface area (Å²) in [5.74, 6) is -1.31. The first kappa shape index (κ1) is 23.8. The number of halogens is 2. The summed E-state index contributed by atoms with van der Waals surface area (Å²) in [4.78, 5) is 35.7. The number of hydrogen-bond donors (Lipinski definition) is 2. The summed E-state index contributed by atoms with van der Waals surface area (Å²) in [6.07, 6.45) is 0.399. The Morgan fingerprint density at radius 3 is 2.32 bits per heavy atom. The Bertz CT molecular complexity index is 860. The Balaban J connectivity index is 1.62. The van der Waals surface area contributed by atoms with Crippen molar-refractivity contribution in [2.75, 3.05) is 13.2 Å². The first-order valence-corrected chi connectivity index (χ1v) is 9.65. The van der Waals surface area contributed by atoms with Crippen molar-refractivity contribution in [3.8, 4) is 5.75 Å². The fraction of sp³-hybridized carbons (Fsp3) is 0.318. The number of ether oxygens (including phenoxy) is 2. The molecule has 0 saturated carbocycles. The van der Waals surface area contributed by atoms with Crippen LogP contribution < -0.4 is 15.4 Å². The van der Waals surface area contributed by atoms with Crippen LogP contribution in [0.5, 0.6) is 5.75 Å². The molecule has 31 heavy (non-hydrogen) atoms. The smallest absolute Gasteiger partial charge is 0.387 e. The van der Waals surface area contributed by atoms with E-state index in [2.05, 4.69) is 15.4 Å². The molecule has 0 spiro atoms. The number of nitrogens with one attached hydrogen (secondary N) is 2. The Kier molecular flexibility index (Phi) is 9.41. The maximum absolute atomic E-state index is 12.1. The number of benzene rings is 2. The lowest BCUT2D eigenvalue weighted by atomic mass is 10.1. The van der Waals surface area contributed by atoms with Crippen LogP contribution in [0.25, 0.3) is 0 Å². The van der Waals surface area contributed by atoms with E-state index in [1.165, 1.54) is 12.1 Å². The number of esters is 1. The van der Waals surface area contributed by atoms with Crippen LogP contribution in [0.3, 0.4) is 0 Å². The molecule has 0 fully saturated rings. The lowest BCUT2D eigenvalue weighted by Gasteiger charge is -2.13. The average Bonchev–Trinajstić information content (AvgIpc) is 2.73. The molecule has 9 heteroatoms. The van der Waals surface area contributed by atoms with Gasteiger partial charge in [0.2, 0.25) is 0 Å². The first-order valence-electron chi connectivity index (χ1n) is 9.65. The highest BCUT2D eigenvalue weighted by Gasteiger charge is 2.15. The average molecular weight is 434 g/mol. The van der Waals surface area contributed by atoms with Crippen molar-refractivity contribution in [1.29, 1.82) is 0 Å². The van der Waals surface area contributed by atoms with Gasteiger partial charge in [0.25, 0.3) is 11.8 Å². The zero-order chi connectivity index (χ0) is 22.6. The molecule has 0 aliphatic heterocycles. The van der Waals surface area contributed by atoms with Crippen LogP contribution in [-0.2, 0) is 20.7 Å². The lowest BCUT2D eigenvalue weighted by Crippen LogP contribution is -2.35. The van der Waals surface area contributed by atoms with Gasteiger partial charge < -0.3 is 20.1 Å². The van der Waals surface area contributed by atoms with Crippen LogP contribution in [0.15, 0.2) is 54.6 Å². The molecule has 7 nitrogen and oxygen atoms in total. The Morgan fingerprint density at radius 2 is 1.68 bits per heavy atom. The van der Waals surface area contributed by atoms with Gasteiger partial charge in [-0.3, -0.25) is 14.4 Å². The minimum absolute atomic E-state index is 0.0592. The minimum atomic E-state index is -2.88. The van der Waals surface area contributed by atoms with Gasteiger partial charge in [0.1, 0.15) is 5.75 Å². The Morgan fingerprint density at radius 1 is 1.00 bits per heavy atom. The summed E-state index contributed by atoms with van der Waals surface area (Å²) < 4.78 is 33.4. The van der Waals surface area contributed by atoms with E-state index in [1.54, 1.807) is 49.4 Å². The third-order valence-electron chi connectivity index (χ3n) is 4.13. The van der Waals surface area contributed by atoms with Crippen molar-refractivity contribution in [2.45, 2.75) is 32.4 Å². The molecular formula is C22H24F2N2O5. The maximum Gasteiger partial charge on any atom is 0.387 e. The molecule has 2 aromatic rings. The highest BCUT2D eigenvalue weighted by atomic mass is 19.3. The van der Waals surface area contributed by atoms with Gasteiger partial charge in [-0.25, -0.2) is 0 Å². The molecule has 0 aliphatic rings. The van der Waals surface area contributed by atoms with Crippen molar-refractivity contribution >= 4 is 17.8 Å². The topological polar surface area (TPSA) is 93.7 Å². The van der Waals surface area contributed by atoms with Gasteiger partial charge in [-0.05, 0) is 43.2 Å². The van der Waals surface area contributed by atoms with E-state index in [9.17, 15) is 23.2 Å². The number of amides is 2. The number of carbonyl (C=O) groups is 3. The van der Waals surface area contributed by atoms with E-state index in [4.69, 9.17) is 4.74 Å². The second kappa shape index (κ2) is 12.3. The zero-order valence-corrected chi connectivity index (χ0v) is 17.0. The molecule has 1 unspecified atom stereocenters. The standard InChI is InChI=1S/C22H24F2N2O5/c1-15(26-21(29)17-5-3-2-4-6-17)13-20(28)30-14-19(27)25-12-11-16-7-9-18(10-8-16)31-22(23)24/h2-10,15,22H,11-14H2,1H3,(H,25,27)(H,26,29). The summed E-state index contributed by atoms with van der Waals surface area (Å²) >= 11 is 0. The maximum atomic E-state index is 12.1. The normalized spacial score (nSPS) is 11.5. The molecule has 2 N–H and O–H groups in total. The quantitative estimate of drug-likeness (QED) is 0.531. The van der Waals surface area contributed by atoms with Gasteiger partial charge in [-0.1, -0.05) is 30.3 Å². The third-order valence-corrected chi connectivity index (χ3v) is 4.13. The summed E-state index contributed by atoms with van der Waals surface area (Å²) in [5.41, 5.74) is 1.31. The summed E-state index contributed by atoms with van der Waals surface area (Å²) in [5, 5.41) is 5.29. The molecule has 0 heterocycles. The SMILES string of the molecule is CC(CC(=O)OCC(=O)NCCc1ccc(OC(F)F)cc1)NC(=O)c1ccccc1. The van der Waals surface area contributed by atoms with Gasteiger partial charge >= 0.3 is 12.6 Å². The van der Waals surface area contributed by atoms with Crippen molar-refractivity contribution in [2.24, 2.45) is 0 Å². The van der Waals surface area contributed by atoms with Crippen molar-refractivity contribution in [3.05, 3.63) is 65.7 Å². The van der Waals surface area contributed by atoms with Gasteiger partial charge in [0, 0.05) is 18.2 Å². The van der Waals surface area contributed by atoms with Crippen LogP contribution in [0, 0.1) is 0 Å². The molecule has 0 aromatic heterocycles. The Labute approximate surface area is 178 Å². The van der Waals surface area contributed by atoms with E-state index in [0.717, 1.165) is 5.56 Å². The number of alkyl halides is 2. The highest BCUT2D eigenvalue weighted by Crippen LogP contribution is 2.15. The molecule has 0 bridgehead atoms. The van der Waals surface area contributed by atoms with Gasteiger partial charge in [-0.2, -0.15) is 8.78 Å². The van der Waals surface area contributed by atoms with Crippen LogP contribution in [-0.4, -0.2) is 43.6 Å². The molecule has 2 amide bonds.